The maximum atomic E-state index is 12.8. The van der Waals surface area contributed by atoms with Crippen LogP contribution < -0.4 is 5.56 Å². The highest BCUT2D eigenvalue weighted by atomic mass is 16.1. The Kier molecular flexibility index (Phi) is 4.99. The quantitative estimate of drug-likeness (QED) is 0.678. The van der Waals surface area contributed by atoms with Gasteiger partial charge in [-0.25, -0.2) is 9.50 Å². The van der Waals surface area contributed by atoms with Crippen LogP contribution in [-0.2, 0) is 0 Å². The molecule has 1 aromatic carbocycles. The molecule has 0 radical (unpaired) electrons. The Morgan fingerprint density at radius 3 is 2.48 bits per heavy atom. The van der Waals surface area contributed by atoms with Crippen LogP contribution in [0.3, 0.4) is 0 Å². The lowest BCUT2D eigenvalue weighted by Crippen LogP contribution is -2.26. The first-order valence-corrected chi connectivity index (χ1v) is 8.59. The van der Waals surface area contributed by atoms with Crippen LogP contribution >= 0.6 is 0 Å². The van der Waals surface area contributed by atoms with Crippen molar-refractivity contribution >= 4 is 17.2 Å². The van der Waals surface area contributed by atoms with Crippen LogP contribution in [0.4, 0.5) is 0 Å². The Labute approximate surface area is 155 Å². The van der Waals surface area contributed by atoms with Gasteiger partial charge in [0.2, 0.25) is 0 Å². The van der Waals surface area contributed by atoms with Crippen LogP contribution in [0.25, 0.3) is 5.65 Å². The summed E-state index contributed by atoms with van der Waals surface area (Å²) in [4.78, 5) is 42.1. The molecule has 0 unspecified atom stereocenters. The van der Waals surface area contributed by atoms with E-state index in [0.717, 1.165) is 0 Å². The Bertz CT molecular complexity index is 1120. The number of nitrogens with zero attached hydrogens (tertiary/aromatic N) is 3. The van der Waals surface area contributed by atoms with Crippen molar-refractivity contribution in [3.8, 4) is 6.07 Å². The van der Waals surface area contributed by atoms with Crippen molar-refractivity contribution in [2.45, 2.75) is 32.6 Å². The largest absolute Gasteiger partial charge is 0.295 e. The highest BCUT2D eigenvalue weighted by molar-refractivity contribution is 6.02. The molecule has 3 aromatic rings. The van der Waals surface area contributed by atoms with Gasteiger partial charge < -0.3 is 0 Å². The fourth-order valence-electron chi connectivity index (χ4n) is 2.96. The fraction of sp³-hybridized carbons (Fsp3) is 0.250. The van der Waals surface area contributed by atoms with Gasteiger partial charge in [0.05, 0.1) is 5.56 Å². The number of nitriles is 1. The number of hydrogen-bond donors (Lipinski definition) is 1. The minimum Gasteiger partial charge on any atom is -0.295 e. The van der Waals surface area contributed by atoms with Crippen molar-refractivity contribution in [3.05, 3.63) is 69.3 Å². The van der Waals surface area contributed by atoms with Gasteiger partial charge in [-0.2, -0.15) is 5.26 Å². The summed E-state index contributed by atoms with van der Waals surface area (Å²) in [6.07, 6.45) is 1.35. The molecule has 0 saturated carbocycles. The minimum absolute atomic E-state index is 0.0275. The number of H-pyrrole nitrogens is 1. The summed E-state index contributed by atoms with van der Waals surface area (Å²) in [6, 6.07) is 10.7. The number of Topliss-reactive ketones (excluding diaryl/α,β-unsaturated/α-hetero) is 2. The van der Waals surface area contributed by atoms with Crippen LogP contribution in [-0.4, -0.2) is 26.2 Å². The molecule has 0 aliphatic heterocycles. The van der Waals surface area contributed by atoms with Gasteiger partial charge in [0, 0.05) is 24.6 Å². The predicted molar refractivity (Wildman–Crippen MR) is 99.0 cm³/mol. The second-order valence-corrected chi connectivity index (χ2v) is 6.50. The van der Waals surface area contributed by atoms with E-state index in [1.807, 2.05) is 12.1 Å². The fourth-order valence-corrected chi connectivity index (χ4v) is 2.96. The summed E-state index contributed by atoms with van der Waals surface area (Å²) in [5.74, 6) is -0.764. The van der Waals surface area contributed by atoms with Crippen molar-refractivity contribution in [2.24, 2.45) is 0 Å². The lowest BCUT2D eigenvalue weighted by atomic mass is 9.97. The topological polar surface area (TPSA) is 108 Å². The molecule has 0 aliphatic rings. The first-order chi connectivity index (χ1) is 12.9. The molecule has 3 rings (SSSR count). The van der Waals surface area contributed by atoms with Crippen molar-refractivity contribution < 1.29 is 9.59 Å². The molecule has 0 fully saturated rings. The molecule has 0 amide bonds. The molecule has 7 heteroatoms. The SMILES string of the molecule is CC(C)c1c(C(=O)CCC(=O)c2ccccc2)nc2c(C#N)c[nH]n2c1=O. The molecule has 0 saturated heterocycles. The molecule has 136 valence electrons. The zero-order chi connectivity index (χ0) is 19.6. The summed E-state index contributed by atoms with van der Waals surface area (Å²) < 4.78 is 1.17. The molecule has 0 bridgehead atoms. The summed E-state index contributed by atoms with van der Waals surface area (Å²) in [5, 5.41) is 11.9. The number of benzene rings is 1. The normalized spacial score (nSPS) is 10.9. The molecular weight excluding hydrogens is 344 g/mol. The zero-order valence-corrected chi connectivity index (χ0v) is 15.0. The smallest absolute Gasteiger partial charge is 0.276 e. The highest BCUT2D eigenvalue weighted by Gasteiger charge is 2.23. The van der Waals surface area contributed by atoms with Gasteiger partial charge in [-0.1, -0.05) is 44.2 Å². The lowest BCUT2D eigenvalue weighted by Gasteiger charge is -2.11. The van der Waals surface area contributed by atoms with E-state index in [1.54, 1.807) is 38.1 Å². The summed E-state index contributed by atoms with van der Waals surface area (Å²) in [7, 11) is 0. The monoisotopic (exact) mass is 362 g/mol. The number of ketones is 2. The van der Waals surface area contributed by atoms with Gasteiger partial charge in [-0.05, 0) is 5.92 Å². The average molecular weight is 362 g/mol. The zero-order valence-electron chi connectivity index (χ0n) is 15.0. The summed E-state index contributed by atoms with van der Waals surface area (Å²) in [6.45, 7) is 3.59. The summed E-state index contributed by atoms with van der Waals surface area (Å²) in [5.41, 5.74) is 0.730. The average Bonchev–Trinajstić information content (AvgIpc) is 3.09. The Morgan fingerprint density at radius 2 is 1.85 bits per heavy atom. The number of nitrogens with one attached hydrogen (secondary N) is 1. The standard InChI is InChI=1S/C20H18N4O3/c1-12(2)17-18(23-19-14(10-21)11-22-24(19)20(17)27)16(26)9-8-15(25)13-6-4-3-5-7-13/h3-7,11-12,22H,8-9H2,1-2H3. The van der Waals surface area contributed by atoms with Crippen LogP contribution in [0, 0.1) is 11.3 Å². The molecule has 2 aromatic heterocycles. The Hall–Kier alpha value is -3.53. The first-order valence-electron chi connectivity index (χ1n) is 8.59. The van der Waals surface area contributed by atoms with Crippen molar-refractivity contribution in [1.82, 2.24) is 14.6 Å². The summed E-state index contributed by atoms with van der Waals surface area (Å²) >= 11 is 0. The number of aromatic nitrogens is 3. The van der Waals surface area contributed by atoms with Crippen LogP contribution in [0.1, 0.15) is 64.6 Å². The van der Waals surface area contributed by atoms with Crippen LogP contribution in [0.2, 0.25) is 0 Å². The molecule has 2 heterocycles. The molecule has 7 nitrogen and oxygen atoms in total. The van der Waals surface area contributed by atoms with E-state index < -0.39 is 5.56 Å². The number of fused-ring (bicyclic) bond motifs is 1. The van der Waals surface area contributed by atoms with Gasteiger partial charge in [-0.3, -0.25) is 19.5 Å². The minimum atomic E-state index is -0.408. The molecule has 1 N–H and O–H groups in total. The Balaban J connectivity index is 1.96. The number of aromatic amines is 1. The van der Waals surface area contributed by atoms with E-state index in [4.69, 9.17) is 0 Å². The van der Waals surface area contributed by atoms with Crippen LogP contribution in [0.15, 0.2) is 41.3 Å². The number of carbonyl (C=O) groups excluding carboxylic acids is 2. The van der Waals surface area contributed by atoms with E-state index >= 15 is 0 Å². The van der Waals surface area contributed by atoms with Crippen LogP contribution in [0.5, 0.6) is 0 Å². The predicted octanol–water partition coefficient (Wildman–Crippen LogP) is 2.86. The first kappa shape index (κ1) is 18.3. The third-order valence-electron chi connectivity index (χ3n) is 4.33. The molecule has 0 aliphatic carbocycles. The number of carbonyl (C=O) groups is 2. The van der Waals surface area contributed by atoms with Gasteiger partial charge in [0.25, 0.3) is 5.56 Å². The Morgan fingerprint density at radius 1 is 1.19 bits per heavy atom. The second-order valence-electron chi connectivity index (χ2n) is 6.50. The third kappa shape index (κ3) is 3.42. The van der Waals surface area contributed by atoms with E-state index in [2.05, 4.69) is 10.1 Å². The maximum Gasteiger partial charge on any atom is 0.276 e. The van der Waals surface area contributed by atoms with E-state index in [9.17, 15) is 19.6 Å². The third-order valence-corrected chi connectivity index (χ3v) is 4.33. The second kappa shape index (κ2) is 7.38. The number of rotatable bonds is 6. The van der Waals surface area contributed by atoms with Crippen molar-refractivity contribution in [3.63, 3.8) is 0 Å². The number of hydrogen-bond acceptors (Lipinski definition) is 5. The molecule has 0 atom stereocenters. The van der Waals surface area contributed by atoms with E-state index in [1.165, 1.54) is 10.7 Å². The van der Waals surface area contributed by atoms with E-state index in [0.29, 0.717) is 5.56 Å². The van der Waals surface area contributed by atoms with Gasteiger partial charge in [0.1, 0.15) is 17.3 Å². The van der Waals surface area contributed by atoms with Gasteiger partial charge >= 0.3 is 0 Å². The van der Waals surface area contributed by atoms with E-state index in [-0.39, 0.29) is 52.8 Å². The highest BCUT2D eigenvalue weighted by Crippen LogP contribution is 2.19. The molecule has 27 heavy (non-hydrogen) atoms. The molecular formula is C20H18N4O3. The van der Waals surface area contributed by atoms with Gasteiger partial charge in [0.15, 0.2) is 17.2 Å². The molecule has 0 spiro atoms. The van der Waals surface area contributed by atoms with Gasteiger partial charge in [-0.15, -0.1) is 0 Å². The lowest BCUT2D eigenvalue weighted by molar-refractivity contribution is 0.0914. The van der Waals surface area contributed by atoms with Crippen molar-refractivity contribution in [2.75, 3.05) is 0 Å². The van der Waals surface area contributed by atoms with Crippen molar-refractivity contribution in [1.29, 1.82) is 5.26 Å². The maximum absolute atomic E-state index is 12.8.